The van der Waals surface area contributed by atoms with Gasteiger partial charge in [-0.25, -0.2) is 0 Å². The van der Waals surface area contributed by atoms with Crippen molar-refractivity contribution in [3.63, 3.8) is 0 Å². The van der Waals surface area contributed by atoms with E-state index >= 15 is 0 Å². The lowest BCUT2D eigenvalue weighted by Crippen LogP contribution is -2.34. The summed E-state index contributed by atoms with van der Waals surface area (Å²) >= 11 is 0. The molecule has 4 aromatic rings. The number of benzene rings is 1. The van der Waals surface area contributed by atoms with E-state index in [1.165, 1.54) is 28.7 Å². The van der Waals surface area contributed by atoms with Gasteiger partial charge in [-0.05, 0) is 49.6 Å². The van der Waals surface area contributed by atoms with Crippen molar-refractivity contribution in [2.24, 2.45) is 7.05 Å². The highest BCUT2D eigenvalue weighted by molar-refractivity contribution is 5.67. The van der Waals surface area contributed by atoms with E-state index in [1.54, 1.807) is 0 Å². The molecule has 0 unspecified atom stereocenters. The van der Waals surface area contributed by atoms with Crippen molar-refractivity contribution in [3.8, 4) is 11.1 Å². The fourth-order valence-electron chi connectivity index (χ4n) is 4.45. The van der Waals surface area contributed by atoms with Gasteiger partial charge in [-0.3, -0.25) is 14.0 Å². The number of pyridine rings is 1. The molecule has 0 spiro atoms. The van der Waals surface area contributed by atoms with Crippen molar-refractivity contribution in [1.29, 1.82) is 0 Å². The molecule has 6 heteroatoms. The summed E-state index contributed by atoms with van der Waals surface area (Å²) in [4.78, 5) is 2.56. The normalized spacial score (nSPS) is 17.8. The smallest absolute Gasteiger partial charge is 0.160 e. The number of nitrogens with zero attached hydrogens (tertiary/aromatic N) is 6. The molecule has 1 atom stereocenters. The van der Waals surface area contributed by atoms with Crippen molar-refractivity contribution < 1.29 is 0 Å². The third-order valence-corrected chi connectivity index (χ3v) is 5.89. The van der Waals surface area contributed by atoms with Crippen LogP contribution in [0, 0.1) is 6.92 Å². The summed E-state index contributed by atoms with van der Waals surface area (Å²) in [6.45, 7) is 5.22. The summed E-state index contributed by atoms with van der Waals surface area (Å²) in [5, 5.41) is 13.2. The number of hydrogen-bond acceptors (Lipinski definition) is 4. The molecule has 0 amide bonds. The summed E-state index contributed by atoms with van der Waals surface area (Å²) in [5.74, 6) is 1.50. The number of aryl methyl sites for hydroxylation is 2. The Morgan fingerprint density at radius 3 is 2.93 bits per heavy atom. The van der Waals surface area contributed by atoms with E-state index in [2.05, 4.69) is 62.1 Å². The largest absolute Gasteiger partial charge is 0.298 e. The summed E-state index contributed by atoms with van der Waals surface area (Å²) in [5.41, 5.74) is 6.03. The number of likely N-dealkylation sites (tertiary alicyclic amines) is 1. The van der Waals surface area contributed by atoms with Gasteiger partial charge in [0.1, 0.15) is 5.82 Å². The van der Waals surface area contributed by atoms with Gasteiger partial charge in [0.15, 0.2) is 5.65 Å². The van der Waals surface area contributed by atoms with Crippen LogP contribution in [0.5, 0.6) is 0 Å². The Morgan fingerprint density at radius 1 is 1.14 bits per heavy atom. The molecule has 1 aromatic carbocycles. The summed E-state index contributed by atoms with van der Waals surface area (Å²) in [6, 6.07) is 12.8. The molecule has 0 bridgehead atoms. The lowest BCUT2D eigenvalue weighted by atomic mass is 9.95. The Kier molecular flexibility index (Phi) is 4.64. The SMILES string of the molecule is Cc1ccc(CN2CCC[C@H](c3nnc4ccccn34)C2)c(-c2cnn(C)c2)c1. The maximum Gasteiger partial charge on any atom is 0.160 e. The molecule has 29 heavy (non-hydrogen) atoms. The summed E-state index contributed by atoms with van der Waals surface area (Å²) < 4.78 is 4.01. The first-order chi connectivity index (χ1) is 14.2. The maximum absolute atomic E-state index is 4.52. The van der Waals surface area contributed by atoms with Crippen molar-refractivity contribution in [2.45, 2.75) is 32.2 Å². The molecular weight excluding hydrogens is 360 g/mol. The van der Waals surface area contributed by atoms with E-state index in [0.29, 0.717) is 5.92 Å². The number of aromatic nitrogens is 5. The molecule has 0 saturated carbocycles. The quantitative estimate of drug-likeness (QED) is 0.535. The second kappa shape index (κ2) is 7.44. The predicted molar refractivity (Wildman–Crippen MR) is 114 cm³/mol. The van der Waals surface area contributed by atoms with Gasteiger partial charge in [0.2, 0.25) is 0 Å². The second-order valence-electron chi connectivity index (χ2n) is 8.12. The molecule has 1 aliphatic heterocycles. The zero-order valence-electron chi connectivity index (χ0n) is 17.0. The van der Waals surface area contributed by atoms with Crippen LogP contribution >= 0.6 is 0 Å². The van der Waals surface area contributed by atoms with Crippen LogP contribution < -0.4 is 0 Å². The molecule has 1 aliphatic rings. The monoisotopic (exact) mass is 386 g/mol. The molecule has 0 aliphatic carbocycles. The number of piperidine rings is 1. The molecule has 148 valence electrons. The zero-order chi connectivity index (χ0) is 19.8. The summed E-state index contributed by atoms with van der Waals surface area (Å²) in [7, 11) is 1.97. The van der Waals surface area contributed by atoms with E-state index in [9.17, 15) is 0 Å². The number of rotatable bonds is 4. The van der Waals surface area contributed by atoms with Gasteiger partial charge in [-0.2, -0.15) is 5.10 Å². The Balaban J connectivity index is 1.40. The highest BCUT2D eigenvalue weighted by Gasteiger charge is 2.25. The van der Waals surface area contributed by atoms with Gasteiger partial charge in [0.05, 0.1) is 6.20 Å². The number of hydrogen-bond donors (Lipinski definition) is 0. The van der Waals surface area contributed by atoms with E-state index in [-0.39, 0.29) is 0 Å². The van der Waals surface area contributed by atoms with Crippen LogP contribution in [0.2, 0.25) is 0 Å². The van der Waals surface area contributed by atoms with Crippen LogP contribution in [0.4, 0.5) is 0 Å². The van der Waals surface area contributed by atoms with Crippen molar-refractivity contribution in [2.75, 3.05) is 13.1 Å². The van der Waals surface area contributed by atoms with Crippen molar-refractivity contribution >= 4 is 5.65 Å². The van der Waals surface area contributed by atoms with E-state index < -0.39 is 0 Å². The van der Waals surface area contributed by atoms with Crippen LogP contribution in [0.3, 0.4) is 0 Å². The third kappa shape index (κ3) is 3.56. The molecule has 4 heterocycles. The lowest BCUT2D eigenvalue weighted by molar-refractivity contribution is 0.196. The molecule has 0 radical (unpaired) electrons. The fourth-order valence-corrected chi connectivity index (χ4v) is 4.45. The fraction of sp³-hybridized carbons (Fsp3) is 0.348. The first kappa shape index (κ1) is 18.1. The van der Waals surface area contributed by atoms with E-state index in [1.807, 2.05) is 36.1 Å². The molecule has 1 fully saturated rings. The van der Waals surface area contributed by atoms with Gasteiger partial charge >= 0.3 is 0 Å². The molecule has 1 saturated heterocycles. The van der Waals surface area contributed by atoms with Crippen LogP contribution in [0.1, 0.15) is 35.7 Å². The highest BCUT2D eigenvalue weighted by atomic mass is 15.3. The minimum Gasteiger partial charge on any atom is -0.298 e. The standard InChI is InChI=1S/C23H26N6/c1-17-8-9-18(21(12-17)20-13-24-27(2)14-20)15-28-10-5-6-19(16-28)23-26-25-22-7-3-4-11-29(22)23/h3-4,7-9,11-14,19H,5-6,10,15-16H2,1-2H3/t19-/m0/s1. The Hall–Kier alpha value is -2.99. The van der Waals surface area contributed by atoms with Gasteiger partial charge in [-0.15, -0.1) is 10.2 Å². The van der Waals surface area contributed by atoms with Gasteiger partial charge in [0.25, 0.3) is 0 Å². The Morgan fingerprint density at radius 2 is 2.07 bits per heavy atom. The van der Waals surface area contributed by atoms with Crippen molar-refractivity contribution in [1.82, 2.24) is 29.3 Å². The molecule has 6 nitrogen and oxygen atoms in total. The average Bonchev–Trinajstić information content (AvgIpc) is 3.36. The van der Waals surface area contributed by atoms with E-state index in [4.69, 9.17) is 0 Å². The first-order valence-electron chi connectivity index (χ1n) is 10.3. The molecule has 3 aromatic heterocycles. The van der Waals surface area contributed by atoms with Crippen LogP contribution in [0.25, 0.3) is 16.8 Å². The Labute approximate surface area is 170 Å². The van der Waals surface area contributed by atoms with Gasteiger partial charge in [-0.1, -0.05) is 29.8 Å². The minimum atomic E-state index is 0.411. The van der Waals surface area contributed by atoms with E-state index in [0.717, 1.165) is 37.5 Å². The second-order valence-corrected chi connectivity index (χ2v) is 8.12. The van der Waals surface area contributed by atoms with Gasteiger partial charge in [0, 0.05) is 44.0 Å². The predicted octanol–water partition coefficient (Wildman–Crippen LogP) is 3.82. The van der Waals surface area contributed by atoms with Crippen LogP contribution in [0.15, 0.2) is 55.0 Å². The zero-order valence-corrected chi connectivity index (χ0v) is 17.0. The number of fused-ring (bicyclic) bond motifs is 1. The van der Waals surface area contributed by atoms with Crippen molar-refractivity contribution in [3.05, 3.63) is 71.9 Å². The van der Waals surface area contributed by atoms with Crippen LogP contribution in [-0.4, -0.2) is 42.4 Å². The average molecular weight is 387 g/mol. The molecule has 5 rings (SSSR count). The van der Waals surface area contributed by atoms with Gasteiger partial charge < -0.3 is 0 Å². The topological polar surface area (TPSA) is 51.3 Å². The van der Waals surface area contributed by atoms with Crippen LogP contribution in [-0.2, 0) is 13.6 Å². The summed E-state index contributed by atoms with van der Waals surface area (Å²) in [6.07, 6.45) is 8.47. The lowest BCUT2D eigenvalue weighted by Gasteiger charge is -2.32. The molecular formula is C23H26N6. The minimum absolute atomic E-state index is 0.411. The third-order valence-electron chi connectivity index (χ3n) is 5.89. The Bertz CT molecular complexity index is 1140. The highest BCUT2D eigenvalue weighted by Crippen LogP contribution is 2.30. The molecule has 0 N–H and O–H groups in total. The maximum atomic E-state index is 4.52. The first-order valence-corrected chi connectivity index (χ1v) is 10.3.